The van der Waals surface area contributed by atoms with Crippen LogP contribution in [-0.4, -0.2) is 66.5 Å². The van der Waals surface area contributed by atoms with Crippen LogP contribution in [0.25, 0.3) is 11.0 Å². The molecule has 6 atom stereocenters. The van der Waals surface area contributed by atoms with Crippen LogP contribution in [0.3, 0.4) is 0 Å². The Morgan fingerprint density at radius 1 is 1.20 bits per heavy atom. The summed E-state index contributed by atoms with van der Waals surface area (Å²) in [5.41, 5.74) is 1.09. The van der Waals surface area contributed by atoms with Crippen LogP contribution in [0.2, 0.25) is 0 Å². The molecule has 2 aliphatic heterocycles. The highest BCUT2D eigenvalue weighted by Crippen LogP contribution is 2.65. The Balaban J connectivity index is 1.16. The van der Waals surface area contributed by atoms with E-state index in [1.165, 1.54) is 0 Å². The molecule has 2 saturated heterocycles. The Hall–Kier alpha value is -2.72. The summed E-state index contributed by atoms with van der Waals surface area (Å²) in [6.45, 7) is 13.4. The second kappa shape index (κ2) is 10.2. The Labute approximate surface area is 243 Å². The molecule has 0 radical (unpaired) electrons. The molecule has 5 fully saturated rings. The molecular weight excluding hydrogens is 521 g/mol. The lowest BCUT2D eigenvalue weighted by Gasteiger charge is -2.64. The molecule has 41 heavy (non-hydrogen) atoms. The summed E-state index contributed by atoms with van der Waals surface area (Å²) in [4.78, 5) is 27.8. The van der Waals surface area contributed by atoms with Crippen LogP contribution in [0.5, 0.6) is 0 Å². The van der Waals surface area contributed by atoms with E-state index < -0.39 is 18.7 Å². The number of urea groups is 1. The van der Waals surface area contributed by atoms with Crippen molar-refractivity contribution in [2.75, 3.05) is 13.1 Å². The van der Waals surface area contributed by atoms with E-state index in [-0.39, 0.29) is 35.3 Å². The minimum absolute atomic E-state index is 0.0126. The lowest BCUT2D eigenvalue weighted by atomic mass is 9.43. The molecule has 3 saturated carbocycles. The highest BCUT2D eigenvalue weighted by molar-refractivity contribution is 6.48. The maximum absolute atomic E-state index is 13.3. The lowest BCUT2D eigenvalue weighted by Crippen LogP contribution is -2.65. The van der Waals surface area contributed by atoms with Gasteiger partial charge in [0.05, 0.1) is 30.0 Å². The molecule has 1 aromatic carbocycles. The summed E-state index contributed by atoms with van der Waals surface area (Å²) in [5.74, 6) is 0.637. The third-order valence-electron chi connectivity index (χ3n) is 10.1. The van der Waals surface area contributed by atoms with Gasteiger partial charge in [-0.25, -0.2) is 9.59 Å². The summed E-state index contributed by atoms with van der Waals surface area (Å²) in [6.07, 6.45) is 5.78. The van der Waals surface area contributed by atoms with Gasteiger partial charge in [0.25, 0.3) is 0 Å². The van der Waals surface area contributed by atoms with E-state index >= 15 is 0 Å². The highest BCUT2D eigenvalue weighted by atomic mass is 16.7. The topological polar surface area (TPSA) is 102 Å². The first-order valence-corrected chi connectivity index (χ1v) is 15.2. The minimum Gasteiger partial charge on any atom is -0.464 e. The van der Waals surface area contributed by atoms with Crippen LogP contribution in [0.1, 0.15) is 72.8 Å². The number of hydrogen-bond acceptors (Lipinski definition) is 6. The fraction of sp³-hybridized carbons (Fsp3) is 0.677. The van der Waals surface area contributed by atoms with Crippen molar-refractivity contribution in [3.05, 3.63) is 36.1 Å². The van der Waals surface area contributed by atoms with E-state index in [0.29, 0.717) is 31.3 Å². The quantitative estimate of drug-likeness (QED) is 0.461. The number of nitrogens with zero attached hydrogens (tertiary/aromatic N) is 1. The molecule has 3 amide bonds. The SMILES string of the molecule is CC(C)(C)OC(=O)N1CCCC1CNC(=O)NC(Cc1coc2ccccc12)B1OC2CC3CC(C3(C)C)[C@]2(C)O1. The highest BCUT2D eigenvalue weighted by Gasteiger charge is 2.68. The summed E-state index contributed by atoms with van der Waals surface area (Å²) in [6, 6.07) is 7.50. The molecule has 2 N–H and O–H groups in total. The lowest BCUT2D eigenvalue weighted by molar-refractivity contribution is -0.199. The van der Waals surface area contributed by atoms with E-state index in [2.05, 4.69) is 31.4 Å². The predicted molar refractivity (Wildman–Crippen MR) is 156 cm³/mol. The van der Waals surface area contributed by atoms with Crippen LogP contribution in [0.4, 0.5) is 9.59 Å². The van der Waals surface area contributed by atoms with Crippen LogP contribution < -0.4 is 10.6 Å². The molecule has 5 unspecified atom stereocenters. The Kier molecular flexibility index (Phi) is 7.09. The van der Waals surface area contributed by atoms with E-state index in [1.807, 2.05) is 45.0 Å². The number of furan rings is 1. The van der Waals surface area contributed by atoms with Gasteiger partial charge in [0.2, 0.25) is 0 Å². The number of carbonyl (C=O) groups excluding carboxylic acids is 2. The number of rotatable bonds is 6. The van der Waals surface area contributed by atoms with Crippen molar-refractivity contribution in [3.63, 3.8) is 0 Å². The number of fused-ring (bicyclic) bond motifs is 1. The second-order valence-corrected chi connectivity index (χ2v) is 14.2. The second-order valence-electron chi connectivity index (χ2n) is 14.2. The predicted octanol–water partition coefficient (Wildman–Crippen LogP) is 5.31. The van der Waals surface area contributed by atoms with Gasteiger partial charge in [-0.05, 0) is 88.7 Å². The molecule has 3 aliphatic carbocycles. The average Bonchev–Trinajstić information content (AvgIpc) is 3.62. The molecule has 3 heterocycles. The van der Waals surface area contributed by atoms with Crippen molar-refractivity contribution in [2.45, 2.75) is 103 Å². The molecular formula is C31H44BN3O6. The molecule has 0 spiro atoms. The van der Waals surface area contributed by atoms with Gasteiger partial charge in [-0.3, -0.25) is 0 Å². The first-order valence-electron chi connectivity index (χ1n) is 15.2. The molecule has 5 aliphatic rings. The van der Waals surface area contributed by atoms with Crippen LogP contribution in [0, 0.1) is 17.3 Å². The van der Waals surface area contributed by atoms with Gasteiger partial charge in [0, 0.05) is 18.5 Å². The van der Waals surface area contributed by atoms with Gasteiger partial charge >= 0.3 is 19.2 Å². The number of amides is 3. The summed E-state index contributed by atoms with van der Waals surface area (Å²) < 4.78 is 24.8. The Bertz CT molecular complexity index is 1310. The molecule has 7 rings (SSSR count). The van der Waals surface area contributed by atoms with Crippen molar-refractivity contribution in [2.24, 2.45) is 17.3 Å². The molecule has 9 nitrogen and oxygen atoms in total. The minimum atomic E-state index is -0.579. The monoisotopic (exact) mass is 565 g/mol. The molecule has 2 aromatic rings. The number of hydrogen-bond donors (Lipinski definition) is 2. The fourth-order valence-corrected chi connectivity index (χ4v) is 7.75. The third kappa shape index (κ3) is 5.22. The summed E-state index contributed by atoms with van der Waals surface area (Å²) in [7, 11) is -0.579. The van der Waals surface area contributed by atoms with E-state index in [4.69, 9.17) is 18.5 Å². The number of para-hydroxylation sites is 1. The standard InChI is InChI=1S/C31H44BN3O6/c1-29(2,3)39-28(37)35-13-9-10-21(35)17-33-27(36)34-26(14-19-18-38-23-12-8-7-11-22(19)23)32-40-25-16-20-15-24(30(20,4)5)31(25,6)41-32/h7-8,11-12,18,20-21,24-26H,9-10,13-17H2,1-6H3,(H2,33,34,36)/t20?,21?,24?,25?,26?,31-/m0/s1. The van der Waals surface area contributed by atoms with Crippen molar-refractivity contribution in [3.8, 4) is 0 Å². The number of ether oxygens (including phenoxy) is 1. The number of carbonyl (C=O) groups is 2. The van der Waals surface area contributed by atoms with Crippen LogP contribution in [-0.2, 0) is 20.5 Å². The summed E-state index contributed by atoms with van der Waals surface area (Å²) in [5, 5.41) is 7.20. The van der Waals surface area contributed by atoms with Gasteiger partial charge < -0.3 is 34.0 Å². The van der Waals surface area contributed by atoms with E-state index in [0.717, 1.165) is 42.2 Å². The van der Waals surface area contributed by atoms with Gasteiger partial charge in [0.1, 0.15) is 11.2 Å². The number of benzene rings is 1. The van der Waals surface area contributed by atoms with Gasteiger partial charge in [-0.1, -0.05) is 32.0 Å². The maximum atomic E-state index is 13.3. The van der Waals surface area contributed by atoms with Crippen LogP contribution in [0.15, 0.2) is 34.9 Å². The first-order chi connectivity index (χ1) is 19.3. The summed E-state index contributed by atoms with van der Waals surface area (Å²) >= 11 is 0. The Morgan fingerprint density at radius 3 is 2.73 bits per heavy atom. The molecule has 222 valence electrons. The third-order valence-corrected chi connectivity index (χ3v) is 10.1. The molecule has 1 aromatic heterocycles. The maximum Gasteiger partial charge on any atom is 0.482 e. The zero-order valence-electron chi connectivity index (χ0n) is 25.2. The Morgan fingerprint density at radius 2 is 1.98 bits per heavy atom. The average molecular weight is 566 g/mol. The zero-order valence-corrected chi connectivity index (χ0v) is 25.2. The zero-order chi connectivity index (χ0) is 29.2. The van der Waals surface area contributed by atoms with Crippen molar-refractivity contribution in [1.82, 2.24) is 15.5 Å². The van der Waals surface area contributed by atoms with Crippen molar-refractivity contribution < 1.29 is 28.1 Å². The van der Waals surface area contributed by atoms with Crippen LogP contribution >= 0.6 is 0 Å². The normalized spacial score (nSPS) is 31.0. The van der Waals surface area contributed by atoms with Crippen molar-refractivity contribution in [1.29, 1.82) is 0 Å². The van der Waals surface area contributed by atoms with E-state index in [1.54, 1.807) is 11.2 Å². The number of nitrogens with one attached hydrogen (secondary N) is 2. The smallest absolute Gasteiger partial charge is 0.464 e. The molecule has 10 heteroatoms. The molecule has 2 bridgehead atoms. The van der Waals surface area contributed by atoms with Gasteiger partial charge in [0.15, 0.2) is 0 Å². The number of likely N-dealkylation sites (tertiary alicyclic amines) is 1. The van der Waals surface area contributed by atoms with Crippen molar-refractivity contribution >= 4 is 30.2 Å². The van der Waals surface area contributed by atoms with E-state index in [9.17, 15) is 9.59 Å². The van der Waals surface area contributed by atoms with Gasteiger partial charge in [-0.15, -0.1) is 0 Å². The first kappa shape index (κ1) is 28.4. The van der Waals surface area contributed by atoms with Gasteiger partial charge in [-0.2, -0.15) is 0 Å². The largest absolute Gasteiger partial charge is 0.482 e. The fourth-order valence-electron chi connectivity index (χ4n) is 7.75.